The lowest BCUT2D eigenvalue weighted by atomic mass is 9.81. The smallest absolute Gasteiger partial charge is 0.106 e. The lowest BCUT2D eigenvalue weighted by Crippen LogP contribution is -2.16. The third-order valence-corrected chi connectivity index (χ3v) is 5.46. The summed E-state index contributed by atoms with van der Waals surface area (Å²) in [5, 5.41) is 9.12. The predicted molar refractivity (Wildman–Crippen MR) is 115 cm³/mol. The van der Waals surface area contributed by atoms with E-state index in [1.54, 1.807) is 6.26 Å². The fourth-order valence-electron chi connectivity index (χ4n) is 4.10. The van der Waals surface area contributed by atoms with Gasteiger partial charge in [-0.15, -0.1) is 0 Å². The molecule has 1 aliphatic heterocycles. The minimum atomic E-state index is 0.487. The van der Waals surface area contributed by atoms with Gasteiger partial charge in [0.2, 0.25) is 0 Å². The van der Waals surface area contributed by atoms with Gasteiger partial charge in [-0.3, -0.25) is 0 Å². The van der Waals surface area contributed by atoms with E-state index in [1.807, 2.05) is 18.2 Å². The summed E-state index contributed by atoms with van der Waals surface area (Å²) in [6.07, 6.45) is 10.7. The summed E-state index contributed by atoms with van der Waals surface area (Å²) in [5.41, 5.74) is 11.4. The first-order chi connectivity index (χ1) is 13.9. The average Bonchev–Trinajstić information content (AvgIpc) is 2.78. The van der Waals surface area contributed by atoms with Crippen molar-refractivity contribution in [2.45, 2.75) is 19.3 Å². The van der Waals surface area contributed by atoms with Crippen LogP contribution in [0.15, 0.2) is 78.1 Å². The third kappa shape index (κ3) is 3.88. The zero-order chi connectivity index (χ0) is 19.2. The highest BCUT2D eigenvalue weighted by Crippen LogP contribution is 2.34. The summed E-state index contributed by atoms with van der Waals surface area (Å²) < 4.78 is 4.80. The van der Waals surface area contributed by atoms with E-state index in [9.17, 15) is 0 Å². The van der Waals surface area contributed by atoms with E-state index in [0.717, 1.165) is 25.9 Å². The highest BCUT2D eigenvalue weighted by Gasteiger charge is 2.20. The standard InChI is InChI=1S/C19H17N3.C5H6O/c20-22-21-12-13-5-8-17-15(11-13)7-10-18-16-4-2-1-3-14(16)6-9-19(17)18;1-2-4-6-5-3-1/h1-4,6-7,9-10,13H,5,8,11-12H2;1-4H,5H2. The lowest BCUT2D eigenvalue weighted by molar-refractivity contribution is 0.286. The Hall–Kier alpha value is -3.23. The number of fused-ring (bicyclic) bond motifs is 5. The second-order valence-electron chi connectivity index (χ2n) is 7.20. The fourth-order valence-corrected chi connectivity index (χ4v) is 4.10. The minimum Gasteiger partial charge on any atom is -0.497 e. The predicted octanol–water partition coefficient (Wildman–Crippen LogP) is 6.49. The quantitative estimate of drug-likeness (QED) is 0.220. The Kier molecular flexibility index (Phi) is 5.60. The molecule has 1 aliphatic carbocycles. The Bertz CT molecular complexity index is 1080. The van der Waals surface area contributed by atoms with Crippen molar-refractivity contribution in [3.63, 3.8) is 0 Å². The summed E-state index contributed by atoms with van der Waals surface area (Å²) in [6.45, 7) is 1.35. The van der Waals surface area contributed by atoms with E-state index in [2.05, 4.69) is 58.6 Å². The van der Waals surface area contributed by atoms with Crippen LogP contribution >= 0.6 is 0 Å². The first-order valence-corrected chi connectivity index (χ1v) is 9.73. The number of azide groups is 1. The van der Waals surface area contributed by atoms with Crippen LogP contribution in [0.5, 0.6) is 0 Å². The Morgan fingerprint density at radius 2 is 1.89 bits per heavy atom. The second kappa shape index (κ2) is 8.64. The Morgan fingerprint density at radius 1 is 1.00 bits per heavy atom. The largest absolute Gasteiger partial charge is 0.497 e. The van der Waals surface area contributed by atoms with Crippen LogP contribution in [0.3, 0.4) is 0 Å². The van der Waals surface area contributed by atoms with Gasteiger partial charge in [0, 0.05) is 11.5 Å². The number of ether oxygens (including phenoxy) is 1. The highest BCUT2D eigenvalue weighted by molar-refractivity contribution is 6.08. The van der Waals surface area contributed by atoms with Gasteiger partial charge in [-0.1, -0.05) is 59.7 Å². The maximum Gasteiger partial charge on any atom is 0.106 e. The monoisotopic (exact) mass is 369 g/mol. The summed E-state index contributed by atoms with van der Waals surface area (Å²) in [6, 6.07) is 17.6. The van der Waals surface area contributed by atoms with Crippen LogP contribution in [0.2, 0.25) is 0 Å². The van der Waals surface area contributed by atoms with Crippen LogP contribution in [0.4, 0.5) is 0 Å². The van der Waals surface area contributed by atoms with Crippen LogP contribution in [-0.4, -0.2) is 13.2 Å². The van der Waals surface area contributed by atoms with Gasteiger partial charge in [-0.2, -0.15) is 0 Å². The summed E-state index contributed by atoms with van der Waals surface area (Å²) in [5.74, 6) is 0.487. The van der Waals surface area contributed by atoms with Crippen LogP contribution in [-0.2, 0) is 17.6 Å². The average molecular weight is 369 g/mol. The normalized spacial score (nSPS) is 17.2. The number of aryl methyl sites for hydroxylation is 1. The van der Waals surface area contributed by atoms with Crippen molar-refractivity contribution >= 4 is 21.5 Å². The van der Waals surface area contributed by atoms with Gasteiger partial charge in [0.05, 0.1) is 6.26 Å². The molecule has 5 rings (SSSR count). The van der Waals surface area contributed by atoms with Gasteiger partial charge in [0.1, 0.15) is 6.61 Å². The molecule has 1 unspecified atom stereocenters. The van der Waals surface area contributed by atoms with Crippen LogP contribution in [0, 0.1) is 5.92 Å². The molecule has 0 spiro atoms. The Labute approximate surface area is 164 Å². The highest BCUT2D eigenvalue weighted by atomic mass is 16.5. The number of nitrogens with zero attached hydrogens (tertiary/aromatic N) is 3. The van der Waals surface area contributed by atoms with E-state index in [4.69, 9.17) is 10.3 Å². The van der Waals surface area contributed by atoms with E-state index in [1.165, 1.54) is 32.7 Å². The maximum absolute atomic E-state index is 8.49. The Balaban J connectivity index is 0.000000275. The molecule has 3 aromatic rings. The third-order valence-electron chi connectivity index (χ3n) is 5.46. The SMILES string of the molecule is C1=CCOC=C1.[N-]=[N+]=NCC1CCc2c(ccc3c2ccc2ccccc23)C1. The van der Waals surface area contributed by atoms with Gasteiger partial charge in [-0.05, 0) is 75.5 Å². The molecule has 140 valence electrons. The van der Waals surface area contributed by atoms with E-state index >= 15 is 0 Å². The maximum atomic E-state index is 8.49. The van der Waals surface area contributed by atoms with Crippen molar-refractivity contribution < 1.29 is 4.74 Å². The minimum absolute atomic E-state index is 0.487. The molecule has 4 nitrogen and oxygen atoms in total. The fraction of sp³-hybridized carbons (Fsp3) is 0.250. The van der Waals surface area contributed by atoms with Crippen LogP contribution in [0.1, 0.15) is 17.5 Å². The molecular formula is C24H23N3O. The molecule has 0 bridgehead atoms. The summed E-state index contributed by atoms with van der Waals surface area (Å²) in [7, 11) is 0. The molecule has 1 atom stereocenters. The molecule has 3 aromatic carbocycles. The number of allylic oxidation sites excluding steroid dienone is 2. The lowest BCUT2D eigenvalue weighted by Gasteiger charge is -2.25. The van der Waals surface area contributed by atoms with E-state index < -0.39 is 0 Å². The van der Waals surface area contributed by atoms with Crippen molar-refractivity contribution in [1.82, 2.24) is 0 Å². The molecule has 0 N–H and O–H groups in total. The van der Waals surface area contributed by atoms with Gasteiger partial charge < -0.3 is 4.74 Å². The zero-order valence-electron chi connectivity index (χ0n) is 15.8. The topological polar surface area (TPSA) is 58.0 Å². The van der Waals surface area contributed by atoms with Gasteiger partial charge in [0.25, 0.3) is 0 Å². The van der Waals surface area contributed by atoms with Crippen molar-refractivity contribution in [2.24, 2.45) is 11.0 Å². The number of benzene rings is 3. The van der Waals surface area contributed by atoms with Crippen molar-refractivity contribution in [2.75, 3.05) is 13.2 Å². The molecule has 0 aromatic heterocycles. The summed E-state index contributed by atoms with van der Waals surface area (Å²) >= 11 is 0. The molecule has 2 aliphatic rings. The van der Waals surface area contributed by atoms with E-state index in [0.29, 0.717) is 12.5 Å². The van der Waals surface area contributed by atoms with Gasteiger partial charge in [-0.25, -0.2) is 0 Å². The molecule has 4 heteroatoms. The van der Waals surface area contributed by atoms with Crippen LogP contribution < -0.4 is 0 Å². The molecule has 0 radical (unpaired) electrons. The number of rotatable bonds is 2. The van der Waals surface area contributed by atoms with Crippen LogP contribution in [0.25, 0.3) is 32.0 Å². The molecule has 0 amide bonds. The second-order valence-corrected chi connectivity index (χ2v) is 7.20. The van der Waals surface area contributed by atoms with Gasteiger partial charge >= 0.3 is 0 Å². The first kappa shape index (κ1) is 18.1. The molecule has 1 heterocycles. The van der Waals surface area contributed by atoms with Crippen molar-refractivity contribution in [1.29, 1.82) is 0 Å². The number of hydrogen-bond donors (Lipinski definition) is 0. The summed E-state index contributed by atoms with van der Waals surface area (Å²) in [4.78, 5) is 2.89. The van der Waals surface area contributed by atoms with Crippen molar-refractivity contribution in [3.8, 4) is 0 Å². The number of hydrogen-bond acceptors (Lipinski definition) is 2. The van der Waals surface area contributed by atoms with E-state index in [-0.39, 0.29) is 0 Å². The van der Waals surface area contributed by atoms with Gasteiger partial charge in [0.15, 0.2) is 0 Å². The Morgan fingerprint density at radius 3 is 2.64 bits per heavy atom. The molecule has 0 saturated heterocycles. The first-order valence-electron chi connectivity index (χ1n) is 9.73. The van der Waals surface area contributed by atoms with Crippen molar-refractivity contribution in [3.05, 3.63) is 94.6 Å². The molecule has 0 saturated carbocycles. The molecule has 0 fully saturated rings. The molecule has 28 heavy (non-hydrogen) atoms. The zero-order valence-corrected chi connectivity index (χ0v) is 15.8. The molecular weight excluding hydrogens is 346 g/mol.